The fraction of sp³-hybridized carbons (Fsp3) is 0.235. The van der Waals surface area contributed by atoms with E-state index in [0.717, 1.165) is 5.75 Å². The highest BCUT2D eigenvalue weighted by Crippen LogP contribution is 2.29. The van der Waals surface area contributed by atoms with E-state index < -0.39 is 0 Å². The Labute approximate surface area is 119 Å². The number of nitriles is 1. The Kier molecular flexibility index (Phi) is 3.95. The summed E-state index contributed by atoms with van der Waals surface area (Å²) >= 11 is 0. The summed E-state index contributed by atoms with van der Waals surface area (Å²) in [5.74, 6) is 1.74. The Morgan fingerprint density at radius 2 is 1.90 bits per heavy atom. The van der Waals surface area contributed by atoms with Gasteiger partial charge in [0.25, 0.3) is 0 Å². The molecule has 2 N–H and O–H groups in total. The molecule has 0 saturated heterocycles. The van der Waals surface area contributed by atoms with Gasteiger partial charge in [-0.3, -0.25) is 0 Å². The van der Waals surface area contributed by atoms with Gasteiger partial charge >= 0.3 is 0 Å². The lowest BCUT2D eigenvalue weighted by atomic mass is 9.98. The number of hydrogen-bond donors (Lipinski definition) is 1. The standard InChI is InChI=1S/C17H18N2O/c1-11(2)16-6-5-15(8-12(16)3)20-17-7-4-14(19)9-13(17)10-18/h4-9,11H,19H2,1-3H3. The third kappa shape index (κ3) is 2.92. The molecule has 2 aromatic rings. The second kappa shape index (κ2) is 5.66. The van der Waals surface area contributed by atoms with Crippen molar-refractivity contribution in [3.05, 3.63) is 53.1 Å². The molecule has 3 nitrogen and oxygen atoms in total. The Balaban J connectivity index is 2.32. The largest absolute Gasteiger partial charge is 0.456 e. The van der Waals surface area contributed by atoms with Crippen molar-refractivity contribution in [1.82, 2.24) is 0 Å². The molecular formula is C17H18N2O. The van der Waals surface area contributed by atoms with Crippen LogP contribution in [0.25, 0.3) is 0 Å². The van der Waals surface area contributed by atoms with E-state index in [4.69, 9.17) is 15.7 Å². The number of nitrogens with zero attached hydrogens (tertiary/aromatic N) is 1. The molecule has 2 aromatic carbocycles. The number of rotatable bonds is 3. The van der Waals surface area contributed by atoms with E-state index in [1.807, 2.05) is 12.1 Å². The Morgan fingerprint density at radius 3 is 2.50 bits per heavy atom. The zero-order chi connectivity index (χ0) is 14.7. The zero-order valence-electron chi connectivity index (χ0n) is 12.0. The van der Waals surface area contributed by atoms with E-state index in [9.17, 15) is 0 Å². The summed E-state index contributed by atoms with van der Waals surface area (Å²) in [5.41, 5.74) is 9.15. The molecule has 0 heterocycles. The number of hydrogen-bond acceptors (Lipinski definition) is 3. The minimum atomic E-state index is 0.440. The average molecular weight is 266 g/mol. The Bertz CT molecular complexity index is 669. The molecule has 102 valence electrons. The first-order valence-electron chi connectivity index (χ1n) is 6.59. The molecule has 3 heteroatoms. The lowest BCUT2D eigenvalue weighted by Crippen LogP contribution is -1.94. The van der Waals surface area contributed by atoms with Gasteiger partial charge in [0.15, 0.2) is 0 Å². The highest BCUT2D eigenvalue weighted by molar-refractivity contribution is 5.54. The van der Waals surface area contributed by atoms with E-state index in [1.54, 1.807) is 18.2 Å². The van der Waals surface area contributed by atoms with Crippen LogP contribution in [0.2, 0.25) is 0 Å². The topological polar surface area (TPSA) is 59.0 Å². The minimum Gasteiger partial charge on any atom is -0.456 e. The van der Waals surface area contributed by atoms with Gasteiger partial charge in [-0.25, -0.2) is 0 Å². The fourth-order valence-corrected chi connectivity index (χ4v) is 2.21. The van der Waals surface area contributed by atoms with Gasteiger partial charge in [0, 0.05) is 5.69 Å². The summed E-state index contributed by atoms with van der Waals surface area (Å²) < 4.78 is 5.79. The summed E-state index contributed by atoms with van der Waals surface area (Å²) in [6.07, 6.45) is 0. The first-order chi connectivity index (χ1) is 9.51. The number of ether oxygens (including phenoxy) is 1. The van der Waals surface area contributed by atoms with Crippen LogP contribution >= 0.6 is 0 Å². The molecule has 0 amide bonds. The van der Waals surface area contributed by atoms with E-state index in [2.05, 4.69) is 32.9 Å². The lowest BCUT2D eigenvalue weighted by Gasteiger charge is -2.13. The third-order valence-electron chi connectivity index (χ3n) is 3.22. The van der Waals surface area contributed by atoms with Crippen LogP contribution in [0.4, 0.5) is 5.69 Å². The van der Waals surface area contributed by atoms with Crippen LogP contribution in [-0.2, 0) is 0 Å². The number of aryl methyl sites for hydroxylation is 1. The molecule has 0 aliphatic rings. The van der Waals surface area contributed by atoms with Gasteiger partial charge < -0.3 is 10.5 Å². The van der Waals surface area contributed by atoms with Crippen LogP contribution < -0.4 is 10.5 Å². The number of nitrogen functional groups attached to an aromatic ring is 1. The number of nitrogens with two attached hydrogens (primary N) is 1. The molecule has 20 heavy (non-hydrogen) atoms. The fourth-order valence-electron chi connectivity index (χ4n) is 2.21. The van der Waals surface area contributed by atoms with Crippen LogP contribution in [0.5, 0.6) is 11.5 Å². The van der Waals surface area contributed by atoms with Crippen molar-refractivity contribution in [2.75, 3.05) is 5.73 Å². The maximum atomic E-state index is 9.11. The van der Waals surface area contributed by atoms with Crippen LogP contribution in [-0.4, -0.2) is 0 Å². The number of anilines is 1. The van der Waals surface area contributed by atoms with E-state index in [1.165, 1.54) is 11.1 Å². The van der Waals surface area contributed by atoms with Crippen molar-refractivity contribution in [1.29, 1.82) is 5.26 Å². The average Bonchev–Trinajstić information content (AvgIpc) is 2.40. The summed E-state index contributed by atoms with van der Waals surface area (Å²) in [6, 6.07) is 13.2. The SMILES string of the molecule is Cc1cc(Oc2ccc(N)cc2C#N)ccc1C(C)C. The van der Waals surface area contributed by atoms with Crippen molar-refractivity contribution in [3.63, 3.8) is 0 Å². The van der Waals surface area contributed by atoms with Gasteiger partial charge in [-0.15, -0.1) is 0 Å². The quantitative estimate of drug-likeness (QED) is 0.839. The second-order valence-electron chi connectivity index (χ2n) is 5.14. The molecule has 0 radical (unpaired) electrons. The monoisotopic (exact) mass is 266 g/mol. The molecule has 0 saturated carbocycles. The highest BCUT2D eigenvalue weighted by Gasteiger charge is 2.08. The van der Waals surface area contributed by atoms with E-state index in [-0.39, 0.29) is 0 Å². The minimum absolute atomic E-state index is 0.440. The summed E-state index contributed by atoms with van der Waals surface area (Å²) in [4.78, 5) is 0. The van der Waals surface area contributed by atoms with E-state index >= 15 is 0 Å². The van der Waals surface area contributed by atoms with Gasteiger partial charge in [-0.2, -0.15) is 5.26 Å². The number of benzene rings is 2. The van der Waals surface area contributed by atoms with Gasteiger partial charge in [-0.05, 0) is 54.3 Å². The highest BCUT2D eigenvalue weighted by atomic mass is 16.5. The zero-order valence-corrected chi connectivity index (χ0v) is 12.0. The van der Waals surface area contributed by atoms with Crippen molar-refractivity contribution in [3.8, 4) is 17.6 Å². The summed E-state index contributed by atoms with van der Waals surface area (Å²) in [6.45, 7) is 6.39. The maximum Gasteiger partial charge on any atom is 0.145 e. The molecular weight excluding hydrogens is 248 g/mol. The van der Waals surface area contributed by atoms with Gasteiger partial charge in [0.2, 0.25) is 0 Å². The molecule has 2 rings (SSSR count). The van der Waals surface area contributed by atoms with Crippen LogP contribution in [0, 0.1) is 18.3 Å². The van der Waals surface area contributed by atoms with E-state index in [0.29, 0.717) is 22.9 Å². The molecule has 0 aromatic heterocycles. The second-order valence-corrected chi connectivity index (χ2v) is 5.14. The third-order valence-corrected chi connectivity index (χ3v) is 3.22. The van der Waals surface area contributed by atoms with Crippen molar-refractivity contribution < 1.29 is 4.74 Å². The molecule has 0 atom stereocenters. The Hall–Kier alpha value is -2.47. The smallest absolute Gasteiger partial charge is 0.145 e. The molecule has 0 unspecified atom stereocenters. The lowest BCUT2D eigenvalue weighted by molar-refractivity contribution is 0.480. The molecule has 0 bridgehead atoms. The Morgan fingerprint density at radius 1 is 1.15 bits per heavy atom. The molecule has 0 fully saturated rings. The molecule has 0 spiro atoms. The van der Waals surface area contributed by atoms with Gasteiger partial charge in [-0.1, -0.05) is 19.9 Å². The van der Waals surface area contributed by atoms with Crippen molar-refractivity contribution in [2.45, 2.75) is 26.7 Å². The van der Waals surface area contributed by atoms with Crippen molar-refractivity contribution >= 4 is 5.69 Å². The first-order valence-corrected chi connectivity index (χ1v) is 6.59. The summed E-state index contributed by atoms with van der Waals surface area (Å²) in [5, 5.41) is 9.11. The van der Waals surface area contributed by atoms with Crippen molar-refractivity contribution in [2.24, 2.45) is 0 Å². The van der Waals surface area contributed by atoms with Crippen LogP contribution in [0.1, 0.15) is 36.5 Å². The normalized spacial score (nSPS) is 10.3. The maximum absolute atomic E-state index is 9.11. The summed E-state index contributed by atoms with van der Waals surface area (Å²) in [7, 11) is 0. The van der Waals surface area contributed by atoms with Gasteiger partial charge in [0.1, 0.15) is 17.6 Å². The van der Waals surface area contributed by atoms with Crippen LogP contribution in [0.15, 0.2) is 36.4 Å². The predicted molar refractivity (Wildman–Crippen MR) is 80.9 cm³/mol. The predicted octanol–water partition coefficient (Wildman–Crippen LogP) is 4.36. The molecule has 0 aliphatic heterocycles. The van der Waals surface area contributed by atoms with Crippen LogP contribution in [0.3, 0.4) is 0 Å². The van der Waals surface area contributed by atoms with Gasteiger partial charge in [0.05, 0.1) is 5.56 Å². The first kappa shape index (κ1) is 14.0. The molecule has 0 aliphatic carbocycles.